The molecular weight excluding hydrogens is 496 g/mol. The van der Waals surface area contributed by atoms with E-state index in [4.69, 9.17) is 18.9 Å². The van der Waals surface area contributed by atoms with Gasteiger partial charge in [0.05, 0.1) is 31.8 Å². The Bertz CT molecular complexity index is 969. The van der Waals surface area contributed by atoms with Crippen molar-refractivity contribution in [2.75, 3.05) is 26.9 Å². The summed E-state index contributed by atoms with van der Waals surface area (Å²) >= 11 is 0. The number of Topliss-reactive ketones (excluding diaryl/α,β-unsaturated/α-hetero) is 1. The molecule has 2 saturated carbocycles. The lowest BCUT2D eigenvalue weighted by atomic mass is 9.69. The molecule has 216 valence electrons. The molecule has 2 aliphatic rings. The molecule has 3 rings (SSSR count). The first-order valence-corrected chi connectivity index (χ1v) is 14.7. The summed E-state index contributed by atoms with van der Waals surface area (Å²) in [6.45, 7) is 8.33. The Morgan fingerprint density at radius 1 is 0.897 bits per heavy atom. The number of ether oxygens (including phenoxy) is 4. The molecular formula is C32H46O7. The van der Waals surface area contributed by atoms with Crippen molar-refractivity contribution >= 4 is 17.7 Å². The molecule has 0 N–H and O–H groups in total. The van der Waals surface area contributed by atoms with Crippen molar-refractivity contribution in [3.63, 3.8) is 0 Å². The van der Waals surface area contributed by atoms with E-state index in [1.807, 2.05) is 0 Å². The first-order chi connectivity index (χ1) is 18.8. The second kappa shape index (κ2) is 15.8. The lowest BCUT2D eigenvalue weighted by Gasteiger charge is -2.37. The van der Waals surface area contributed by atoms with Crippen LogP contribution in [-0.4, -0.2) is 44.7 Å². The quantitative estimate of drug-likeness (QED) is 0.112. The number of methoxy groups -OCH3 is 1. The van der Waals surface area contributed by atoms with Crippen molar-refractivity contribution in [2.45, 2.75) is 84.5 Å². The van der Waals surface area contributed by atoms with E-state index in [-0.39, 0.29) is 30.9 Å². The summed E-state index contributed by atoms with van der Waals surface area (Å²) in [5, 5.41) is 0. The van der Waals surface area contributed by atoms with E-state index in [1.54, 1.807) is 18.2 Å². The van der Waals surface area contributed by atoms with E-state index >= 15 is 0 Å². The van der Waals surface area contributed by atoms with Crippen LogP contribution in [0.4, 0.5) is 0 Å². The molecule has 0 bridgehead atoms. The number of hydrogen-bond acceptors (Lipinski definition) is 7. The molecule has 39 heavy (non-hydrogen) atoms. The van der Waals surface area contributed by atoms with Gasteiger partial charge in [-0.15, -0.1) is 0 Å². The average molecular weight is 543 g/mol. The van der Waals surface area contributed by atoms with Crippen LogP contribution in [0.2, 0.25) is 0 Å². The standard InChI is InChI=1S/C32H46O7/c1-5-24-8-10-25(11-9-24)26-12-14-27(15-13-26)32(35)39-29-17-16-28(20-30(29)36-4)31(34)38-19-7-6-18-37-21-22(2)23(3)33/h16-17,20,24-27H,2,5-15,18-19,21H2,1,3-4H3. The highest BCUT2D eigenvalue weighted by Gasteiger charge is 2.33. The van der Waals surface area contributed by atoms with E-state index < -0.39 is 5.97 Å². The second-order valence-corrected chi connectivity index (χ2v) is 11.1. The largest absolute Gasteiger partial charge is 0.493 e. The third-order valence-corrected chi connectivity index (χ3v) is 8.54. The van der Waals surface area contributed by atoms with E-state index in [0.717, 1.165) is 43.4 Å². The van der Waals surface area contributed by atoms with Gasteiger partial charge in [0.15, 0.2) is 17.3 Å². The number of carbonyl (C=O) groups excluding carboxylic acids is 3. The monoisotopic (exact) mass is 542 g/mol. The van der Waals surface area contributed by atoms with Crippen LogP contribution in [-0.2, 0) is 19.1 Å². The summed E-state index contributed by atoms with van der Waals surface area (Å²) in [4.78, 5) is 36.5. The molecule has 0 aliphatic heterocycles. The van der Waals surface area contributed by atoms with Crippen LogP contribution in [0.1, 0.15) is 94.8 Å². The zero-order chi connectivity index (χ0) is 28.2. The van der Waals surface area contributed by atoms with Crippen molar-refractivity contribution in [1.29, 1.82) is 0 Å². The van der Waals surface area contributed by atoms with Gasteiger partial charge in [-0.25, -0.2) is 4.79 Å². The fourth-order valence-corrected chi connectivity index (χ4v) is 5.82. The van der Waals surface area contributed by atoms with Gasteiger partial charge in [0.2, 0.25) is 0 Å². The van der Waals surface area contributed by atoms with Gasteiger partial charge in [-0.3, -0.25) is 9.59 Å². The fourth-order valence-electron chi connectivity index (χ4n) is 5.82. The number of benzene rings is 1. The van der Waals surface area contributed by atoms with E-state index in [0.29, 0.717) is 42.1 Å². The molecule has 0 atom stereocenters. The molecule has 7 nitrogen and oxygen atoms in total. The average Bonchev–Trinajstić information content (AvgIpc) is 2.96. The van der Waals surface area contributed by atoms with Gasteiger partial charge >= 0.3 is 11.9 Å². The third kappa shape index (κ3) is 9.48. The maximum Gasteiger partial charge on any atom is 0.338 e. The normalized spacial score (nSPS) is 23.1. The predicted octanol–water partition coefficient (Wildman–Crippen LogP) is 6.72. The summed E-state index contributed by atoms with van der Waals surface area (Å²) < 4.78 is 21.9. The smallest absolute Gasteiger partial charge is 0.338 e. The number of ketones is 1. The van der Waals surface area contributed by atoms with Gasteiger partial charge in [-0.05, 0) is 94.2 Å². The summed E-state index contributed by atoms with van der Waals surface area (Å²) in [6, 6.07) is 4.74. The summed E-state index contributed by atoms with van der Waals surface area (Å²) in [5.74, 6) is 2.27. The number of unbranched alkanes of at least 4 members (excludes halogenated alkanes) is 1. The molecule has 0 spiro atoms. The van der Waals surface area contributed by atoms with Crippen LogP contribution in [0.3, 0.4) is 0 Å². The Balaban J connectivity index is 1.40. The van der Waals surface area contributed by atoms with E-state index in [2.05, 4.69) is 13.5 Å². The molecule has 0 saturated heterocycles. The lowest BCUT2D eigenvalue weighted by molar-refractivity contribution is -0.140. The zero-order valence-electron chi connectivity index (χ0n) is 24.0. The van der Waals surface area contributed by atoms with E-state index in [9.17, 15) is 14.4 Å². The maximum atomic E-state index is 12.9. The van der Waals surface area contributed by atoms with Crippen LogP contribution in [0, 0.1) is 23.7 Å². The zero-order valence-corrected chi connectivity index (χ0v) is 24.0. The predicted molar refractivity (Wildman–Crippen MR) is 150 cm³/mol. The van der Waals surface area contributed by atoms with Crippen molar-refractivity contribution < 1.29 is 33.3 Å². The minimum atomic E-state index is -0.469. The molecule has 2 aliphatic carbocycles. The first-order valence-electron chi connectivity index (χ1n) is 14.7. The minimum absolute atomic E-state index is 0.0813. The molecule has 0 aromatic heterocycles. The highest BCUT2D eigenvalue weighted by Crippen LogP contribution is 2.42. The molecule has 2 fully saturated rings. The SMILES string of the molecule is C=C(COCCCCOC(=O)c1ccc(OC(=O)C2CCC(C3CCC(CC)CC3)CC2)c(OC)c1)C(C)=O. The molecule has 0 radical (unpaired) electrons. The Morgan fingerprint density at radius 2 is 1.54 bits per heavy atom. The van der Waals surface area contributed by atoms with Crippen molar-refractivity contribution in [3.05, 3.63) is 35.9 Å². The van der Waals surface area contributed by atoms with Gasteiger partial charge in [-0.2, -0.15) is 0 Å². The maximum absolute atomic E-state index is 12.9. The first kappa shape index (κ1) is 30.9. The van der Waals surface area contributed by atoms with Gasteiger partial charge in [0, 0.05) is 12.2 Å². The highest BCUT2D eigenvalue weighted by molar-refractivity contribution is 5.92. The van der Waals surface area contributed by atoms with Crippen molar-refractivity contribution in [1.82, 2.24) is 0 Å². The Labute approximate surface area is 233 Å². The Kier molecular flexibility index (Phi) is 12.5. The lowest BCUT2D eigenvalue weighted by Crippen LogP contribution is -2.30. The number of rotatable bonds is 14. The molecule has 0 heterocycles. The van der Waals surface area contributed by atoms with Gasteiger partial charge < -0.3 is 18.9 Å². The minimum Gasteiger partial charge on any atom is -0.493 e. The Hall–Kier alpha value is -2.67. The van der Waals surface area contributed by atoms with Gasteiger partial charge in [0.25, 0.3) is 0 Å². The van der Waals surface area contributed by atoms with Gasteiger partial charge in [0.1, 0.15) is 0 Å². The third-order valence-electron chi connectivity index (χ3n) is 8.54. The van der Waals surface area contributed by atoms with Gasteiger partial charge in [-0.1, -0.05) is 32.8 Å². The highest BCUT2D eigenvalue weighted by atomic mass is 16.6. The summed E-state index contributed by atoms with van der Waals surface area (Å²) in [6.07, 6.45) is 12.0. The van der Waals surface area contributed by atoms with Crippen molar-refractivity contribution in [2.24, 2.45) is 23.7 Å². The van der Waals surface area contributed by atoms with Crippen LogP contribution < -0.4 is 9.47 Å². The van der Waals surface area contributed by atoms with Crippen LogP contribution in [0.5, 0.6) is 11.5 Å². The fraction of sp³-hybridized carbons (Fsp3) is 0.656. The number of carbonyl (C=O) groups is 3. The molecule has 1 aromatic carbocycles. The number of hydrogen-bond donors (Lipinski definition) is 0. The van der Waals surface area contributed by atoms with Crippen LogP contribution in [0.25, 0.3) is 0 Å². The van der Waals surface area contributed by atoms with Crippen LogP contribution >= 0.6 is 0 Å². The topological polar surface area (TPSA) is 88.1 Å². The molecule has 0 amide bonds. The second-order valence-electron chi connectivity index (χ2n) is 11.1. The van der Waals surface area contributed by atoms with Crippen LogP contribution in [0.15, 0.2) is 30.4 Å². The summed E-state index contributed by atoms with van der Waals surface area (Å²) in [5.41, 5.74) is 0.774. The Morgan fingerprint density at radius 3 is 2.15 bits per heavy atom. The number of esters is 2. The summed E-state index contributed by atoms with van der Waals surface area (Å²) in [7, 11) is 1.49. The molecule has 1 aromatic rings. The molecule has 7 heteroatoms. The molecule has 0 unspecified atom stereocenters. The van der Waals surface area contributed by atoms with Crippen molar-refractivity contribution in [3.8, 4) is 11.5 Å². The van der Waals surface area contributed by atoms with E-state index in [1.165, 1.54) is 46.1 Å².